The summed E-state index contributed by atoms with van der Waals surface area (Å²) in [5, 5.41) is 5.20. The molecule has 0 unspecified atom stereocenters. The third-order valence-corrected chi connectivity index (χ3v) is 4.18. The summed E-state index contributed by atoms with van der Waals surface area (Å²) in [7, 11) is 0. The first-order valence-electron chi connectivity index (χ1n) is 7.95. The summed E-state index contributed by atoms with van der Waals surface area (Å²) in [6.07, 6.45) is 2.56. The lowest BCUT2D eigenvalue weighted by molar-refractivity contribution is -0.137. The van der Waals surface area contributed by atoms with Crippen molar-refractivity contribution < 1.29 is 23.9 Å². The number of amides is 2. The summed E-state index contributed by atoms with van der Waals surface area (Å²) < 4.78 is 10.1. The Morgan fingerprint density at radius 2 is 2.17 bits per heavy atom. The molecule has 1 aliphatic rings. The Morgan fingerprint density at radius 1 is 1.46 bits per heavy atom. The lowest BCUT2D eigenvalue weighted by atomic mass is 10.1. The van der Waals surface area contributed by atoms with Gasteiger partial charge in [0, 0.05) is 18.4 Å². The van der Waals surface area contributed by atoms with Crippen LogP contribution in [0.3, 0.4) is 0 Å². The van der Waals surface area contributed by atoms with E-state index in [1.165, 1.54) is 23.9 Å². The van der Waals surface area contributed by atoms with Gasteiger partial charge in [-0.1, -0.05) is 6.08 Å². The zero-order chi connectivity index (χ0) is 18.2. The van der Waals surface area contributed by atoms with E-state index in [-0.39, 0.29) is 17.8 Å². The highest BCUT2D eigenvalue weighted by atomic mass is 32.2. The maximum absolute atomic E-state index is 12.0. The third-order valence-electron chi connectivity index (χ3n) is 2.93. The maximum atomic E-state index is 12.0. The van der Waals surface area contributed by atoms with Crippen molar-refractivity contribution >= 4 is 29.7 Å². The van der Waals surface area contributed by atoms with Gasteiger partial charge in [-0.3, -0.25) is 4.79 Å². The molecule has 0 aromatic rings. The van der Waals surface area contributed by atoms with E-state index >= 15 is 0 Å². The fourth-order valence-electron chi connectivity index (χ4n) is 2.00. The Bertz CT molecular complexity index is 487. The molecule has 0 aromatic carbocycles. The fraction of sp³-hybridized carbons (Fsp3) is 0.688. The Hall–Kier alpha value is -1.70. The molecule has 1 heterocycles. The number of rotatable bonds is 6. The second-order valence-corrected chi connectivity index (χ2v) is 7.56. The minimum absolute atomic E-state index is 0.0632. The van der Waals surface area contributed by atoms with Gasteiger partial charge in [-0.15, -0.1) is 11.8 Å². The molecule has 24 heavy (non-hydrogen) atoms. The van der Waals surface area contributed by atoms with Crippen LogP contribution >= 0.6 is 11.8 Å². The van der Waals surface area contributed by atoms with Crippen LogP contribution in [-0.4, -0.2) is 53.8 Å². The van der Waals surface area contributed by atoms with E-state index < -0.39 is 23.7 Å². The monoisotopic (exact) mass is 358 g/mol. The highest BCUT2D eigenvalue weighted by Gasteiger charge is 2.27. The Kier molecular flexibility index (Phi) is 8.10. The van der Waals surface area contributed by atoms with Crippen molar-refractivity contribution in [2.75, 3.05) is 18.9 Å². The summed E-state index contributed by atoms with van der Waals surface area (Å²) in [6.45, 7) is 7.92. The van der Waals surface area contributed by atoms with E-state index in [0.29, 0.717) is 13.0 Å². The molecule has 8 heteroatoms. The van der Waals surface area contributed by atoms with Crippen molar-refractivity contribution in [2.24, 2.45) is 0 Å². The summed E-state index contributed by atoms with van der Waals surface area (Å²) >= 11 is 1.53. The molecule has 1 saturated heterocycles. The second-order valence-electron chi connectivity index (χ2n) is 6.25. The molecule has 136 valence electrons. The van der Waals surface area contributed by atoms with Gasteiger partial charge in [0.1, 0.15) is 5.60 Å². The summed E-state index contributed by atoms with van der Waals surface area (Å²) in [4.78, 5) is 35.3. The summed E-state index contributed by atoms with van der Waals surface area (Å²) in [5.41, 5.74) is -0.629. The zero-order valence-corrected chi connectivity index (χ0v) is 15.4. The smallest absolute Gasteiger partial charge is 0.408 e. The van der Waals surface area contributed by atoms with Gasteiger partial charge in [0.15, 0.2) is 0 Å². The van der Waals surface area contributed by atoms with Gasteiger partial charge < -0.3 is 20.1 Å². The number of carbonyl (C=O) groups is 3. The molecular weight excluding hydrogens is 332 g/mol. The van der Waals surface area contributed by atoms with Crippen molar-refractivity contribution in [3.05, 3.63) is 12.2 Å². The van der Waals surface area contributed by atoms with E-state index in [2.05, 4.69) is 10.6 Å². The van der Waals surface area contributed by atoms with Crippen LogP contribution < -0.4 is 10.6 Å². The van der Waals surface area contributed by atoms with Crippen LogP contribution in [0.25, 0.3) is 0 Å². The SMILES string of the molecule is CCOC(=O)/C=C/[C@H](C[C@@H]1SCCNC1=O)NC(=O)OC(C)(C)C. The van der Waals surface area contributed by atoms with E-state index in [4.69, 9.17) is 9.47 Å². The van der Waals surface area contributed by atoms with Crippen LogP contribution in [-0.2, 0) is 19.1 Å². The Morgan fingerprint density at radius 3 is 2.75 bits per heavy atom. The zero-order valence-electron chi connectivity index (χ0n) is 14.6. The predicted octanol–water partition coefficient (Wildman–Crippen LogP) is 1.62. The lowest BCUT2D eigenvalue weighted by Crippen LogP contribution is -2.45. The average Bonchev–Trinajstić information content (AvgIpc) is 2.45. The average molecular weight is 358 g/mol. The number of nitrogens with one attached hydrogen (secondary N) is 2. The van der Waals surface area contributed by atoms with Crippen molar-refractivity contribution in [1.82, 2.24) is 10.6 Å². The molecule has 7 nitrogen and oxygen atoms in total. The second kappa shape index (κ2) is 9.56. The number of ether oxygens (including phenoxy) is 2. The quantitative estimate of drug-likeness (QED) is 0.554. The number of carbonyl (C=O) groups excluding carboxylic acids is 3. The molecule has 0 aliphatic carbocycles. The van der Waals surface area contributed by atoms with Gasteiger partial charge in [-0.25, -0.2) is 9.59 Å². The third kappa shape index (κ3) is 8.24. The molecule has 1 rings (SSSR count). The molecule has 2 N–H and O–H groups in total. The lowest BCUT2D eigenvalue weighted by Gasteiger charge is -2.26. The molecule has 2 atom stereocenters. The Balaban J connectivity index is 2.72. The predicted molar refractivity (Wildman–Crippen MR) is 92.8 cm³/mol. The van der Waals surface area contributed by atoms with Gasteiger partial charge in [0.05, 0.1) is 17.9 Å². The van der Waals surface area contributed by atoms with Gasteiger partial charge >= 0.3 is 12.1 Å². The molecule has 0 bridgehead atoms. The minimum atomic E-state index is -0.629. The van der Waals surface area contributed by atoms with Gasteiger partial charge in [-0.05, 0) is 34.1 Å². The number of hydrogen-bond donors (Lipinski definition) is 2. The molecular formula is C16H26N2O5S. The first kappa shape index (κ1) is 20.3. The first-order valence-corrected chi connectivity index (χ1v) is 9.00. The largest absolute Gasteiger partial charge is 0.463 e. The van der Waals surface area contributed by atoms with Crippen LogP contribution in [0.15, 0.2) is 12.2 Å². The van der Waals surface area contributed by atoms with Crippen molar-refractivity contribution in [1.29, 1.82) is 0 Å². The number of alkyl carbamates (subject to hydrolysis) is 1. The molecule has 0 saturated carbocycles. The van der Waals surface area contributed by atoms with E-state index in [1.807, 2.05) is 0 Å². The fourth-order valence-corrected chi connectivity index (χ4v) is 3.08. The van der Waals surface area contributed by atoms with E-state index in [0.717, 1.165) is 5.75 Å². The molecule has 1 fully saturated rings. The molecule has 0 spiro atoms. The first-order chi connectivity index (χ1) is 11.2. The minimum Gasteiger partial charge on any atom is -0.463 e. The van der Waals surface area contributed by atoms with Gasteiger partial charge in [0.2, 0.25) is 5.91 Å². The van der Waals surface area contributed by atoms with Gasteiger partial charge in [-0.2, -0.15) is 0 Å². The van der Waals surface area contributed by atoms with Crippen molar-refractivity contribution in [2.45, 2.75) is 51.0 Å². The Labute approximate surface area is 146 Å². The normalized spacial score (nSPS) is 19.5. The van der Waals surface area contributed by atoms with Crippen LogP contribution in [0.5, 0.6) is 0 Å². The molecule has 0 aromatic heterocycles. The standard InChI is InChI=1S/C16H26N2O5S/c1-5-22-13(19)7-6-11(18-15(21)23-16(2,3)4)10-12-14(20)17-8-9-24-12/h6-7,11-12H,5,8-10H2,1-4H3,(H,17,20)(H,18,21)/b7-6+/t11-,12+/m1/s1. The number of hydrogen-bond acceptors (Lipinski definition) is 6. The van der Waals surface area contributed by atoms with Gasteiger partial charge in [0.25, 0.3) is 0 Å². The van der Waals surface area contributed by atoms with Crippen LogP contribution in [0.1, 0.15) is 34.1 Å². The molecule has 1 aliphatic heterocycles. The topological polar surface area (TPSA) is 93.7 Å². The summed E-state index contributed by atoms with van der Waals surface area (Å²) in [5.74, 6) is 0.262. The highest BCUT2D eigenvalue weighted by Crippen LogP contribution is 2.20. The molecule has 0 radical (unpaired) electrons. The van der Waals surface area contributed by atoms with E-state index in [1.54, 1.807) is 27.7 Å². The van der Waals surface area contributed by atoms with Crippen LogP contribution in [0, 0.1) is 0 Å². The number of esters is 1. The number of thioether (sulfide) groups is 1. The summed E-state index contributed by atoms with van der Waals surface area (Å²) in [6, 6.07) is -0.509. The molecule has 2 amide bonds. The van der Waals surface area contributed by atoms with Crippen molar-refractivity contribution in [3.63, 3.8) is 0 Å². The van der Waals surface area contributed by atoms with Crippen molar-refractivity contribution in [3.8, 4) is 0 Å². The van der Waals surface area contributed by atoms with E-state index in [9.17, 15) is 14.4 Å². The maximum Gasteiger partial charge on any atom is 0.408 e. The van der Waals surface area contributed by atoms with Crippen LogP contribution in [0.4, 0.5) is 4.79 Å². The van der Waals surface area contributed by atoms with Crippen LogP contribution in [0.2, 0.25) is 0 Å². The highest BCUT2D eigenvalue weighted by molar-refractivity contribution is 8.00.